The minimum Gasteiger partial charge on any atom is -0.381 e. The zero-order valence-corrected chi connectivity index (χ0v) is 10.2. The van der Waals surface area contributed by atoms with E-state index in [9.17, 15) is 0 Å². The van der Waals surface area contributed by atoms with Crippen LogP contribution in [0.15, 0.2) is 11.6 Å². The van der Waals surface area contributed by atoms with E-state index in [1.165, 1.54) is 30.7 Å². The Balaban J connectivity index is 1.71. The topological polar surface area (TPSA) is 34.1 Å². The zero-order chi connectivity index (χ0) is 10.8. The average Bonchev–Trinajstić information content (AvgIpc) is 3.00. The van der Waals surface area contributed by atoms with E-state index in [1.807, 2.05) is 6.20 Å². The van der Waals surface area contributed by atoms with Crippen molar-refractivity contribution in [3.8, 4) is 0 Å². The van der Waals surface area contributed by atoms with E-state index < -0.39 is 0 Å². The van der Waals surface area contributed by atoms with Crippen LogP contribution in [-0.2, 0) is 4.74 Å². The molecule has 1 aliphatic carbocycles. The number of hydrogen-bond acceptors (Lipinski definition) is 4. The van der Waals surface area contributed by atoms with Crippen molar-refractivity contribution in [3.05, 3.63) is 16.6 Å². The fourth-order valence-corrected chi connectivity index (χ4v) is 3.12. The third-order valence-electron chi connectivity index (χ3n) is 3.38. The van der Waals surface area contributed by atoms with Crippen LogP contribution in [0.1, 0.15) is 36.7 Å². The summed E-state index contributed by atoms with van der Waals surface area (Å²) >= 11 is 1.77. The minimum atomic E-state index is 0.424. The number of aromatic nitrogens is 1. The maximum absolute atomic E-state index is 5.60. The van der Waals surface area contributed by atoms with Gasteiger partial charge in [-0.25, -0.2) is 4.98 Å². The molecule has 1 aromatic heterocycles. The van der Waals surface area contributed by atoms with Gasteiger partial charge in [-0.05, 0) is 25.7 Å². The van der Waals surface area contributed by atoms with E-state index >= 15 is 0 Å². The first kappa shape index (κ1) is 10.7. The lowest BCUT2D eigenvalue weighted by molar-refractivity contribution is 0.0386. The molecule has 0 amide bonds. The van der Waals surface area contributed by atoms with Gasteiger partial charge in [0, 0.05) is 30.1 Å². The van der Waals surface area contributed by atoms with Gasteiger partial charge >= 0.3 is 0 Å². The zero-order valence-electron chi connectivity index (χ0n) is 9.39. The fourth-order valence-electron chi connectivity index (χ4n) is 2.33. The van der Waals surface area contributed by atoms with E-state index in [-0.39, 0.29) is 0 Å². The van der Waals surface area contributed by atoms with Gasteiger partial charge in [0.2, 0.25) is 0 Å². The van der Waals surface area contributed by atoms with Gasteiger partial charge in [-0.2, -0.15) is 0 Å². The lowest BCUT2D eigenvalue weighted by atomic mass is 9.94. The fraction of sp³-hybridized carbons (Fsp3) is 0.750. The summed E-state index contributed by atoms with van der Waals surface area (Å²) in [5.74, 6) is 0.612. The Labute approximate surface area is 100 Å². The van der Waals surface area contributed by atoms with Gasteiger partial charge in [-0.1, -0.05) is 0 Å². The highest BCUT2D eigenvalue weighted by molar-refractivity contribution is 7.09. The van der Waals surface area contributed by atoms with Gasteiger partial charge in [0.05, 0.1) is 12.6 Å². The van der Waals surface area contributed by atoms with E-state index in [0.29, 0.717) is 12.0 Å². The van der Waals surface area contributed by atoms with Crippen LogP contribution in [0.25, 0.3) is 0 Å². The van der Waals surface area contributed by atoms with Crippen molar-refractivity contribution in [1.29, 1.82) is 0 Å². The number of nitrogens with zero attached hydrogens (tertiary/aromatic N) is 1. The summed E-state index contributed by atoms with van der Waals surface area (Å²) in [6.45, 7) is 1.83. The van der Waals surface area contributed by atoms with Crippen molar-refractivity contribution in [3.63, 3.8) is 0 Å². The standard InChI is InChI=1S/C12H18N2OS/c1-2-9(8-15-6-1)11(14-10-3-4-10)12-13-5-7-16-12/h5,7,9-11,14H,1-4,6,8H2. The molecule has 88 valence electrons. The maximum Gasteiger partial charge on any atom is 0.110 e. The van der Waals surface area contributed by atoms with Gasteiger partial charge < -0.3 is 10.1 Å². The molecule has 1 saturated heterocycles. The van der Waals surface area contributed by atoms with Gasteiger partial charge in [0.15, 0.2) is 0 Å². The largest absolute Gasteiger partial charge is 0.381 e. The first-order chi connectivity index (χ1) is 7.93. The highest BCUT2D eigenvalue weighted by Gasteiger charge is 2.32. The third-order valence-corrected chi connectivity index (χ3v) is 4.24. The van der Waals surface area contributed by atoms with Crippen LogP contribution >= 0.6 is 11.3 Å². The molecule has 0 spiro atoms. The predicted molar refractivity (Wildman–Crippen MR) is 64.6 cm³/mol. The molecule has 0 radical (unpaired) electrons. The molecular weight excluding hydrogens is 220 g/mol. The molecule has 1 aliphatic heterocycles. The van der Waals surface area contributed by atoms with Gasteiger partial charge in [0.1, 0.15) is 5.01 Å². The van der Waals surface area contributed by atoms with Crippen molar-refractivity contribution < 1.29 is 4.74 Å². The molecular formula is C12H18N2OS. The smallest absolute Gasteiger partial charge is 0.110 e. The molecule has 1 saturated carbocycles. The van der Waals surface area contributed by atoms with Crippen LogP contribution in [0.5, 0.6) is 0 Å². The maximum atomic E-state index is 5.60. The lowest BCUT2D eigenvalue weighted by Gasteiger charge is -2.29. The molecule has 0 bridgehead atoms. The van der Waals surface area contributed by atoms with E-state index in [2.05, 4.69) is 15.7 Å². The molecule has 1 N–H and O–H groups in total. The van der Waals surface area contributed by atoms with Crippen molar-refractivity contribution in [2.45, 2.75) is 37.8 Å². The molecule has 0 aromatic carbocycles. The Morgan fingerprint density at radius 3 is 3.00 bits per heavy atom. The summed E-state index contributed by atoms with van der Waals surface area (Å²) in [4.78, 5) is 4.47. The van der Waals surface area contributed by atoms with Crippen molar-refractivity contribution in [2.24, 2.45) is 5.92 Å². The second kappa shape index (κ2) is 4.82. The highest BCUT2D eigenvalue weighted by Crippen LogP contribution is 2.33. The molecule has 2 unspecified atom stereocenters. The first-order valence-corrected chi connectivity index (χ1v) is 7.04. The summed E-state index contributed by atoms with van der Waals surface area (Å²) in [6.07, 6.45) is 7.03. The van der Waals surface area contributed by atoms with Gasteiger partial charge in [-0.15, -0.1) is 11.3 Å². The van der Waals surface area contributed by atoms with Crippen molar-refractivity contribution in [2.75, 3.05) is 13.2 Å². The number of rotatable bonds is 4. The van der Waals surface area contributed by atoms with Gasteiger partial charge in [0.25, 0.3) is 0 Å². The normalized spacial score (nSPS) is 27.9. The number of thiazole rings is 1. The predicted octanol–water partition coefficient (Wildman–Crippen LogP) is 2.36. The molecule has 2 aliphatic rings. The Morgan fingerprint density at radius 2 is 2.38 bits per heavy atom. The van der Waals surface area contributed by atoms with Crippen molar-refractivity contribution in [1.82, 2.24) is 10.3 Å². The third kappa shape index (κ3) is 2.44. The molecule has 2 heterocycles. The summed E-state index contributed by atoms with van der Waals surface area (Å²) in [6, 6.07) is 1.16. The molecule has 4 heteroatoms. The Morgan fingerprint density at radius 1 is 1.44 bits per heavy atom. The Bertz CT molecular complexity index is 318. The molecule has 3 nitrogen and oxygen atoms in total. The Kier molecular flexibility index (Phi) is 3.22. The first-order valence-electron chi connectivity index (χ1n) is 6.16. The van der Waals surface area contributed by atoms with Crippen molar-refractivity contribution >= 4 is 11.3 Å². The van der Waals surface area contributed by atoms with Crippen LogP contribution in [0.2, 0.25) is 0 Å². The van der Waals surface area contributed by atoms with E-state index in [0.717, 1.165) is 19.3 Å². The van der Waals surface area contributed by atoms with Crippen LogP contribution < -0.4 is 5.32 Å². The summed E-state index contributed by atoms with van der Waals surface area (Å²) in [7, 11) is 0. The van der Waals surface area contributed by atoms with Crippen LogP contribution in [0.3, 0.4) is 0 Å². The summed E-state index contributed by atoms with van der Waals surface area (Å²) in [5, 5.41) is 7.04. The molecule has 1 aromatic rings. The minimum absolute atomic E-state index is 0.424. The monoisotopic (exact) mass is 238 g/mol. The molecule has 2 fully saturated rings. The molecule has 16 heavy (non-hydrogen) atoms. The molecule has 2 atom stereocenters. The number of nitrogens with one attached hydrogen (secondary N) is 1. The molecule has 3 rings (SSSR count). The van der Waals surface area contributed by atoms with Crippen LogP contribution in [-0.4, -0.2) is 24.2 Å². The van der Waals surface area contributed by atoms with Crippen LogP contribution in [0, 0.1) is 5.92 Å². The number of hydrogen-bond donors (Lipinski definition) is 1. The van der Waals surface area contributed by atoms with Crippen LogP contribution in [0.4, 0.5) is 0 Å². The van der Waals surface area contributed by atoms with E-state index in [4.69, 9.17) is 4.74 Å². The second-order valence-electron chi connectivity index (χ2n) is 4.77. The Hall–Kier alpha value is -0.450. The second-order valence-corrected chi connectivity index (χ2v) is 5.69. The number of ether oxygens (including phenoxy) is 1. The quantitative estimate of drug-likeness (QED) is 0.874. The SMILES string of the molecule is c1csc(C(NC2CC2)C2CCCOC2)n1. The van der Waals surface area contributed by atoms with E-state index in [1.54, 1.807) is 11.3 Å². The summed E-state index contributed by atoms with van der Waals surface area (Å²) in [5.41, 5.74) is 0. The lowest BCUT2D eigenvalue weighted by Crippen LogP contribution is -2.34. The van der Waals surface area contributed by atoms with Gasteiger partial charge in [-0.3, -0.25) is 0 Å². The average molecular weight is 238 g/mol. The highest BCUT2D eigenvalue weighted by atomic mass is 32.1. The summed E-state index contributed by atoms with van der Waals surface area (Å²) < 4.78 is 5.60.